The van der Waals surface area contributed by atoms with Gasteiger partial charge >= 0.3 is 11.3 Å². The van der Waals surface area contributed by atoms with Crippen LogP contribution in [0.25, 0.3) is 17.0 Å². The molecule has 3 heterocycles. The Hall–Kier alpha value is -3.09. The summed E-state index contributed by atoms with van der Waals surface area (Å²) < 4.78 is 54.6. The fourth-order valence-corrected chi connectivity index (χ4v) is 5.33. The number of hydrogen-bond donors (Lipinski definition) is 0. The van der Waals surface area contributed by atoms with Crippen molar-refractivity contribution in [3.05, 3.63) is 59.3 Å². The van der Waals surface area contributed by atoms with Crippen LogP contribution in [0.4, 0.5) is 8.78 Å². The summed E-state index contributed by atoms with van der Waals surface area (Å²) in [6, 6.07) is 7.80. The van der Waals surface area contributed by atoms with Crippen LogP contribution >= 0.6 is 23.2 Å². The average molecular weight is 530 g/mol. The molecule has 0 fully saturated rings. The van der Waals surface area contributed by atoms with Crippen LogP contribution in [0.1, 0.15) is 11.6 Å². The SMILES string of the molecule is COc1cccc(Cl)c1S(C)(=O)=NC(=O)Cc1cn2ccc(-c3noc(C(F)(F)Cl)n3)cc2n1. The second-order valence-electron chi connectivity index (χ2n) is 7.07. The van der Waals surface area contributed by atoms with Crippen LogP contribution in [0, 0.1) is 0 Å². The molecular formula is C20H15Cl2F2N5O4S. The van der Waals surface area contributed by atoms with Crippen molar-refractivity contribution in [3.63, 3.8) is 0 Å². The Balaban J connectivity index is 1.60. The minimum Gasteiger partial charge on any atom is -0.495 e. The Morgan fingerprint density at radius 1 is 1.32 bits per heavy atom. The van der Waals surface area contributed by atoms with E-state index in [0.717, 1.165) is 0 Å². The second-order valence-corrected chi connectivity index (χ2v) is 10.1. The molecule has 0 N–H and O–H groups in total. The zero-order chi connectivity index (χ0) is 24.7. The summed E-state index contributed by atoms with van der Waals surface area (Å²) in [4.78, 5) is 20.6. The maximum atomic E-state index is 13.2. The van der Waals surface area contributed by atoms with Gasteiger partial charge in [0.15, 0.2) is 0 Å². The molecule has 0 bridgehead atoms. The number of nitrogens with zero attached hydrogens (tertiary/aromatic N) is 5. The lowest BCUT2D eigenvalue weighted by atomic mass is 10.2. The molecule has 0 saturated heterocycles. The number of fused-ring (bicyclic) bond motifs is 1. The molecular weight excluding hydrogens is 515 g/mol. The van der Waals surface area contributed by atoms with E-state index < -0.39 is 26.9 Å². The fraction of sp³-hybridized carbons (Fsp3) is 0.200. The lowest BCUT2D eigenvalue weighted by Crippen LogP contribution is -2.08. The fourth-order valence-electron chi connectivity index (χ4n) is 3.16. The number of alkyl halides is 3. The molecule has 14 heteroatoms. The van der Waals surface area contributed by atoms with Gasteiger partial charge in [-0.25, -0.2) is 9.19 Å². The third-order valence-corrected chi connectivity index (χ3v) is 6.89. The van der Waals surface area contributed by atoms with Gasteiger partial charge in [-0.2, -0.15) is 18.1 Å². The van der Waals surface area contributed by atoms with E-state index >= 15 is 0 Å². The Kier molecular flexibility index (Phi) is 6.32. The summed E-state index contributed by atoms with van der Waals surface area (Å²) >= 11 is 11.1. The van der Waals surface area contributed by atoms with Gasteiger partial charge in [0.05, 0.1) is 34.0 Å². The summed E-state index contributed by atoms with van der Waals surface area (Å²) in [6.45, 7) is 0. The highest BCUT2D eigenvalue weighted by atomic mass is 35.5. The molecule has 178 valence electrons. The van der Waals surface area contributed by atoms with E-state index in [9.17, 15) is 17.8 Å². The Bertz CT molecular complexity index is 1520. The van der Waals surface area contributed by atoms with Crippen LogP contribution in [0.3, 0.4) is 0 Å². The monoisotopic (exact) mass is 529 g/mol. The van der Waals surface area contributed by atoms with E-state index in [0.29, 0.717) is 16.9 Å². The van der Waals surface area contributed by atoms with Crippen molar-refractivity contribution in [2.24, 2.45) is 4.36 Å². The maximum Gasteiger partial charge on any atom is 0.400 e. The molecule has 1 aromatic carbocycles. The highest BCUT2D eigenvalue weighted by Crippen LogP contribution is 2.33. The number of imidazole rings is 1. The number of carbonyl (C=O) groups excluding carboxylic acids is 1. The lowest BCUT2D eigenvalue weighted by Gasteiger charge is -2.11. The number of hydrogen-bond acceptors (Lipinski definition) is 7. The summed E-state index contributed by atoms with van der Waals surface area (Å²) in [5.41, 5.74) is 1.07. The molecule has 3 aromatic heterocycles. The number of ether oxygens (including phenoxy) is 1. The standard InChI is InChI=1S/C20H15Cl2F2N5O4S/c1-32-14-5-3-4-13(21)17(14)34(2,31)28-16(30)9-12-10-29-7-6-11(8-15(29)25-12)18-26-19(33-27-18)20(22,23)24/h3-8,10H,9H2,1-2H3. The first-order valence-electron chi connectivity index (χ1n) is 9.44. The summed E-state index contributed by atoms with van der Waals surface area (Å²) in [5.74, 6) is -1.55. The molecule has 1 atom stereocenters. The largest absolute Gasteiger partial charge is 0.495 e. The van der Waals surface area contributed by atoms with Crippen molar-refractivity contribution in [2.45, 2.75) is 16.7 Å². The average Bonchev–Trinajstić information content (AvgIpc) is 3.38. The van der Waals surface area contributed by atoms with Crippen molar-refractivity contribution in [3.8, 4) is 17.1 Å². The third kappa shape index (κ3) is 4.88. The van der Waals surface area contributed by atoms with Crippen LogP contribution in [0.2, 0.25) is 5.02 Å². The van der Waals surface area contributed by atoms with Crippen molar-refractivity contribution in [1.82, 2.24) is 19.5 Å². The lowest BCUT2D eigenvalue weighted by molar-refractivity contribution is -0.117. The van der Waals surface area contributed by atoms with Gasteiger partial charge in [0.2, 0.25) is 5.82 Å². The zero-order valence-electron chi connectivity index (χ0n) is 17.5. The highest BCUT2D eigenvalue weighted by Gasteiger charge is 2.35. The van der Waals surface area contributed by atoms with Crippen LogP contribution in [-0.4, -0.2) is 43.0 Å². The zero-order valence-corrected chi connectivity index (χ0v) is 19.9. The minimum absolute atomic E-state index is 0.104. The summed E-state index contributed by atoms with van der Waals surface area (Å²) in [7, 11) is -1.80. The van der Waals surface area contributed by atoms with Gasteiger partial charge in [-0.3, -0.25) is 4.79 Å². The molecule has 0 aliphatic carbocycles. The van der Waals surface area contributed by atoms with Gasteiger partial charge < -0.3 is 13.7 Å². The van der Waals surface area contributed by atoms with Crippen LogP contribution in [-0.2, 0) is 26.3 Å². The maximum absolute atomic E-state index is 13.2. The van der Waals surface area contributed by atoms with E-state index in [4.69, 9.17) is 27.9 Å². The van der Waals surface area contributed by atoms with Gasteiger partial charge in [0.1, 0.15) is 16.3 Å². The number of methoxy groups -OCH3 is 1. The first kappa shape index (κ1) is 24.0. The Morgan fingerprint density at radius 2 is 2.09 bits per heavy atom. The van der Waals surface area contributed by atoms with Gasteiger partial charge in [-0.1, -0.05) is 22.8 Å². The van der Waals surface area contributed by atoms with Crippen molar-refractivity contribution in [1.29, 1.82) is 0 Å². The van der Waals surface area contributed by atoms with Crippen molar-refractivity contribution >= 4 is 44.5 Å². The van der Waals surface area contributed by atoms with E-state index in [1.165, 1.54) is 25.5 Å². The Morgan fingerprint density at radius 3 is 2.76 bits per heavy atom. The summed E-state index contributed by atoms with van der Waals surface area (Å²) in [5, 5.41) is -0.124. The molecule has 0 spiro atoms. The number of halogens is 4. The van der Waals surface area contributed by atoms with E-state index in [1.54, 1.807) is 35.0 Å². The number of pyridine rings is 1. The predicted octanol–water partition coefficient (Wildman–Crippen LogP) is 4.56. The first-order chi connectivity index (χ1) is 16.0. The molecule has 1 amide bonds. The normalized spacial score (nSPS) is 13.6. The number of rotatable bonds is 6. The minimum atomic E-state index is -3.79. The molecule has 4 rings (SSSR count). The van der Waals surface area contributed by atoms with Gasteiger partial charge in [0, 0.05) is 24.2 Å². The molecule has 0 saturated carbocycles. The van der Waals surface area contributed by atoms with Gasteiger partial charge in [-0.15, -0.1) is 0 Å². The van der Waals surface area contributed by atoms with E-state index in [1.807, 2.05) is 0 Å². The van der Waals surface area contributed by atoms with Crippen LogP contribution in [0.5, 0.6) is 5.75 Å². The molecule has 0 aliphatic heterocycles. The second kappa shape index (κ2) is 8.93. The summed E-state index contributed by atoms with van der Waals surface area (Å²) in [6.07, 6.45) is 4.22. The Labute approximate surface area is 201 Å². The van der Waals surface area contributed by atoms with Gasteiger partial charge in [-0.05, 0) is 35.9 Å². The predicted molar refractivity (Wildman–Crippen MR) is 120 cm³/mol. The number of amides is 1. The van der Waals surface area contributed by atoms with Gasteiger partial charge in [0.25, 0.3) is 5.91 Å². The molecule has 9 nitrogen and oxygen atoms in total. The van der Waals surface area contributed by atoms with Crippen molar-refractivity contribution < 1.29 is 27.0 Å². The van der Waals surface area contributed by atoms with E-state index in [-0.39, 0.29) is 27.9 Å². The number of benzene rings is 1. The quantitative estimate of drug-likeness (QED) is 0.336. The smallest absolute Gasteiger partial charge is 0.400 e. The van der Waals surface area contributed by atoms with Crippen molar-refractivity contribution in [2.75, 3.05) is 13.4 Å². The molecule has 4 aromatic rings. The third-order valence-electron chi connectivity index (χ3n) is 4.57. The molecule has 1 unspecified atom stereocenters. The number of aromatic nitrogens is 4. The topological polar surface area (TPSA) is 112 Å². The van der Waals surface area contributed by atoms with Crippen LogP contribution < -0.4 is 4.74 Å². The molecule has 34 heavy (non-hydrogen) atoms. The highest BCUT2D eigenvalue weighted by molar-refractivity contribution is 7.93. The number of carbonyl (C=O) groups is 1. The van der Waals surface area contributed by atoms with E-state index in [2.05, 4.69) is 24.0 Å². The van der Waals surface area contributed by atoms with Crippen LogP contribution in [0.15, 0.2) is 56.5 Å². The first-order valence-corrected chi connectivity index (χ1v) is 12.1. The molecule has 0 aliphatic rings. The molecule has 0 radical (unpaired) electrons.